The normalized spacial score (nSPS) is 10.9. The van der Waals surface area contributed by atoms with Gasteiger partial charge in [0.2, 0.25) is 5.89 Å². The van der Waals surface area contributed by atoms with Gasteiger partial charge >= 0.3 is 0 Å². The monoisotopic (exact) mass is 176 g/mol. The van der Waals surface area contributed by atoms with Gasteiger partial charge in [-0.2, -0.15) is 0 Å². The Morgan fingerprint density at radius 2 is 2.31 bits per heavy atom. The molecule has 0 aliphatic carbocycles. The van der Waals surface area contributed by atoms with Crippen molar-refractivity contribution in [3.8, 4) is 0 Å². The molecule has 0 fully saturated rings. The highest BCUT2D eigenvalue weighted by Crippen LogP contribution is 2.19. The van der Waals surface area contributed by atoms with Crippen molar-refractivity contribution in [2.24, 2.45) is 5.73 Å². The van der Waals surface area contributed by atoms with Crippen molar-refractivity contribution in [2.45, 2.75) is 19.9 Å². The fourth-order valence-electron chi connectivity index (χ4n) is 1.42. The lowest BCUT2D eigenvalue weighted by Crippen LogP contribution is -1.94. The van der Waals surface area contributed by atoms with Crippen molar-refractivity contribution in [2.75, 3.05) is 0 Å². The lowest BCUT2D eigenvalue weighted by Gasteiger charge is -1.94. The van der Waals surface area contributed by atoms with Gasteiger partial charge in [-0.25, -0.2) is 4.98 Å². The number of aryl methyl sites for hydroxylation is 1. The summed E-state index contributed by atoms with van der Waals surface area (Å²) in [4.78, 5) is 4.25. The van der Waals surface area contributed by atoms with Crippen LogP contribution in [0, 0.1) is 0 Å². The third kappa shape index (κ3) is 1.31. The minimum atomic E-state index is 0.359. The lowest BCUT2D eigenvalue weighted by atomic mass is 10.1. The second kappa shape index (κ2) is 3.18. The van der Waals surface area contributed by atoms with E-state index in [4.69, 9.17) is 10.2 Å². The van der Waals surface area contributed by atoms with Gasteiger partial charge in [0, 0.05) is 0 Å². The van der Waals surface area contributed by atoms with E-state index in [0.717, 1.165) is 17.5 Å². The molecule has 0 aliphatic rings. The molecule has 0 saturated carbocycles. The molecule has 1 aromatic heterocycles. The summed E-state index contributed by atoms with van der Waals surface area (Å²) in [5.74, 6) is 0.607. The molecule has 3 nitrogen and oxygen atoms in total. The molecule has 0 unspecified atom stereocenters. The molecule has 0 saturated heterocycles. The molecule has 13 heavy (non-hydrogen) atoms. The minimum absolute atomic E-state index is 0.359. The zero-order chi connectivity index (χ0) is 9.26. The second-order valence-corrected chi connectivity index (χ2v) is 2.93. The van der Waals surface area contributed by atoms with Crippen LogP contribution in [0.5, 0.6) is 0 Å². The topological polar surface area (TPSA) is 52.0 Å². The number of rotatable bonds is 2. The quantitative estimate of drug-likeness (QED) is 0.759. The summed E-state index contributed by atoms with van der Waals surface area (Å²) in [6.45, 7) is 2.46. The van der Waals surface area contributed by atoms with Crippen LogP contribution in [0.15, 0.2) is 22.6 Å². The zero-order valence-corrected chi connectivity index (χ0v) is 7.58. The van der Waals surface area contributed by atoms with Gasteiger partial charge in [0.15, 0.2) is 5.58 Å². The molecular weight excluding hydrogens is 164 g/mol. The van der Waals surface area contributed by atoms with E-state index in [-0.39, 0.29) is 0 Å². The highest BCUT2D eigenvalue weighted by atomic mass is 16.3. The van der Waals surface area contributed by atoms with E-state index in [0.29, 0.717) is 12.4 Å². The van der Waals surface area contributed by atoms with E-state index in [1.54, 1.807) is 0 Å². The van der Waals surface area contributed by atoms with Crippen LogP contribution in [-0.4, -0.2) is 4.98 Å². The zero-order valence-electron chi connectivity index (χ0n) is 7.58. The smallest absolute Gasteiger partial charge is 0.209 e. The minimum Gasteiger partial charge on any atom is -0.439 e. The molecule has 0 radical (unpaired) electrons. The first-order chi connectivity index (χ1) is 6.35. The van der Waals surface area contributed by atoms with E-state index in [2.05, 4.69) is 11.9 Å². The molecule has 0 atom stereocenters. The number of nitrogens with two attached hydrogens (primary N) is 1. The average Bonchev–Trinajstić information content (AvgIpc) is 2.59. The maximum Gasteiger partial charge on any atom is 0.209 e. The summed E-state index contributed by atoms with van der Waals surface area (Å²) in [5, 5.41) is 0. The Hall–Kier alpha value is -1.35. The fourth-order valence-corrected chi connectivity index (χ4v) is 1.42. The van der Waals surface area contributed by atoms with Crippen molar-refractivity contribution >= 4 is 11.1 Å². The molecule has 0 aliphatic heterocycles. The number of nitrogens with zero attached hydrogens (tertiary/aromatic N) is 1. The lowest BCUT2D eigenvalue weighted by molar-refractivity contribution is 0.530. The molecule has 2 aromatic rings. The van der Waals surface area contributed by atoms with Crippen molar-refractivity contribution in [1.29, 1.82) is 0 Å². The van der Waals surface area contributed by atoms with Crippen molar-refractivity contribution in [3.63, 3.8) is 0 Å². The van der Waals surface area contributed by atoms with Crippen LogP contribution in [0.4, 0.5) is 0 Å². The SMILES string of the molecule is CCc1cccc2nc(CN)oc12. The van der Waals surface area contributed by atoms with Crippen LogP contribution >= 0.6 is 0 Å². The molecule has 2 rings (SSSR count). The number of fused-ring (bicyclic) bond motifs is 1. The summed E-state index contributed by atoms with van der Waals surface area (Å²) in [7, 11) is 0. The van der Waals surface area contributed by atoms with E-state index < -0.39 is 0 Å². The number of oxazole rings is 1. The third-order valence-corrected chi connectivity index (χ3v) is 2.10. The predicted octanol–water partition coefficient (Wildman–Crippen LogP) is 1.85. The third-order valence-electron chi connectivity index (χ3n) is 2.10. The molecule has 0 spiro atoms. The summed E-state index contributed by atoms with van der Waals surface area (Å²) >= 11 is 0. The van der Waals surface area contributed by atoms with Gasteiger partial charge in [-0.3, -0.25) is 0 Å². The van der Waals surface area contributed by atoms with Gasteiger partial charge in [-0.1, -0.05) is 19.1 Å². The van der Waals surface area contributed by atoms with Crippen molar-refractivity contribution in [3.05, 3.63) is 29.7 Å². The summed E-state index contributed by atoms with van der Waals surface area (Å²) in [5.41, 5.74) is 8.42. The van der Waals surface area contributed by atoms with Gasteiger partial charge in [0.25, 0.3) is 0 Å². The molecule has 0 bridgehead atoms. The largest absolute Gasteiger partial charge is 0.439 e. The van der Waals surface area contributed by atoms with Crippen LogP contribution < -0.4 is 5.73 Å². The Labute approximate surface area is 76.6 Å². The molecule has 1 heterocycles. The number of para-hydroxylation sites is 1. The number of aromatic nitrogens is 1. The first kappa shape index (κ1) is 8.26. The number of hydrogen-bond acceptors (Lipinski definition) is 3. The van der Waals surface area contributed by atoms with E-state index in [9.17, 15) is 0 Å². The Bertz CT molecular complexity index is 420. The van der Waals surface area contributed by atoms with Crippen LogP contribution in [0.2, 0.25) is 0 Å². The molecular formula is C10H12N2O. The molecule has 2 N–H and O–H groups in total. The number of hydrogen-bond donors (Lipinski definition) is 1. The molecule has 3 heteroatoms. The first-order valence-electron chi connectivity index (χ1n) is 4.42. The van der Waals surface area contributed by atoms with Crippen LogP contribution in [0.1, 0.15) is 18.4 Å². The second-order valence-electron chi connectivity index (χ2n) is 2.93. The Kier molecular flexibility index (Phi) is 2.02. The van der Waals surface area contributed by atoms with Gasteiger partial charge in [-0.05, 0) is 18.1 Å². The average molecular weight is 176 g/mol. The van der Waals surface area contributed by atoms with Crippen LogP contribution in [-0.2, 0) is 13.0 Å². The number of benzene rings is 1. The van der Waals surface area contributed by atoms with Crippen molar-refractivity contribution in [1.82, 2.24) is 4.98 Å². The Morgan fingerprint density at radius 1 is 1.46 bits per heavy atom. The van der Waals surface area contributed by atoms with Crippen LogP contribution in [0.25, 0.3) is 11.1 Å². The van der Waals surface area contributed by atoms with E-state index in [1.165, 1.54) is 5.56 Å². The Balaban J connectivity index is 2.67. The maximum atomic E-state index is 5.50. The highest BCUT2D eigenvalue weighted by molar-refractivity contribution is 5.76. The predicted molar refractivity (Wildman–Crippen MR) is 51.3 cm³/mol. The molecule has 0 amide bonds. The summed E-state index contributed by atoms with van der Waals surface area (Å²) in [6, 6.07) is 5.98. The Morgan fingerprint density at radius 3 is 3.00 bits per heavy atom. The fraction of sp³-hybridized carbons (Fsp3) is 0.300. The standard InChI is InChI=1S/C10H12N2O/c1-2-7-4-3-5-8-10(7)13-9(6-11)12-8/h3-5H,2,6,11H2,1H3. The van der Waals surface area contributed by atoms with E-state index in [1.807, 2.05) is 18.2 Å². The molecule has 68 valence electrons. The summed E-state index contributed by atoms with van der Waals surface area (Å²) < 4.78 is 5.50. The van der Waals surface area contributed by atoms with Crippen molar-refractivity contribution < 1.29 is 4.42 Å². The maximum absolute atomic E-state index is 5.50. The first-order valence-corrected chi connectivity index (χ1v) is 4.42. The summed E-state index contributed by atoms with van der Waals surface area (Å²) in [6.07, 6.45) is 0.955. The van der Waals surface area contributed by atoms with Gasteiger partial charge in [0.1, 0.15) is 5.52 Å². The highest BCUT2D eigenvalue weighted by Gasteiger charge is 2.06. The van der Waals surface area contributed by atoms with Crippen LogP contribution in [0.3, 0.4) is 0 Å². The van der Waals surface area contributed by atoms with E-state index >= 15 is 0 Å². The van der Waals surface area contributed by atoms with Gasteiger partial charge in [-0.15, -0.1) is 0 Å². The van der Waals surface area contributed by atoms with Gasteiger partial charge in [0.05, 0.1) is 6.54 Å². The molecule has 1 aromatic carbocycles. The van der Waals surface area contributed by atoms with Gasteiger partial charge < -0.3 is 10.2 Å².